The first-order valence-electron chi connectivity index (χ1n) is 11.5. The number of benzene rings is 2. The van der Waals surface area contributed by atoms with Crippen LogP contribution in [0, 0.1) is 11.3 Å². The first-order valence-corrected chi connectivity index (χ1v) is 11.9. The molecule has 4 aromatic rings. The lowest BCUT2D eigenvalue weighted by atomic mass is 10.1. The second kappa shape index (κ2) is 12.3. The van der Waals surface area contributed by atoms with E-state index in [4.69, 9.17) is 26.6 Å². The summed E-state index contributed by atoms with van der Waals surface area (Å²) in [5.74, 6) is 0.864. The van der Waals surface area contributed by atoms with Crippen molar-refractivity contribution in [3.63, 3.8) is 0 Å². The molecule has 0 aliphatic rings. The minimum atomic E-state index is 0.379. The molecule has 2 aromatic carbocycles. The second-order valence-electron chi connectivity index (χ2n) is 8.12. The van der Waals surface area contributed by atoms with Crippen molar-refractivity contribution in [2.45, 2.75) is 25.8 Å². The Labute approximate surface area is 204 Å². The highest BCUT2D eigenvalue weighted by Crippen LogP contribution is 2.28. The van der Waals surface area contributed by atoms with E-state index in [0.717, 1.165) is 71.2 Å². The number of hydrogen-bond acceptors (Lipinski definition) is 6. The fourth-order valence-corrected chi connectivity index (χ4v) is 4.25. The smallest absolute Gasteiger partial charge is 0.134 e. The number of unbranched alkanes of at least 4 members (excludes halogenated alkanes) is 1. The van der Waals surface area contributed by atoms with Gasteiger partial charge in [0.05, 0.1) is 24.6 Å². The average Bonchev–Trinajstić information content (AvgIpc) is 2.85. The SMILES string of the molecule is N#CCc1cc(Cl)cc(CNCCCCOCCNc2nc3ccccc3c3cnccc23)c1. The molecule has 0 bridgehead atoms. The Kier molecular flexibility index (Phi) is 8.64. The van der Waals surface area contributed by atoms with Crippen LogP contribution in [0.1, 0.15) is 24.0 Å². The molecule has 0 aliphatic carbocycles. The third kappa shape index (κ3) is 6.42. The summed E-state index contributed by atoms with van der Waals surface area (Å²) in [6.07, 6.45) is 6.09. The van der Waals surface area contributed by atoms with E-state index in [1.165, 1.54) is 0 Å². The quantitative estimate of drug-likeness (QED) is 0.209. The number of nitriles is 1. The van der Waals surface area contributed by atoms with Crippen LogP contribution in [0.5, 0.6) is 0 Å². The van der Waals surface area contributed by atoms with Crippen LogP contribution < -0.4 is 10.6 Å². The summed E-state index contributed by atoms with van der Waals surface area (Å²) in [7, 11) is 0. The number of ether oxygens (including phenoxy) is 1. The van der Waals surface area contributed by atoms with Crippen LogP contribution >= 0.6 is 11.6 Å². The van der Waals surface area contributed by atoms with E-state index in [2.05, 4.69) is 27.8 Å². The Morgan fingerprint density at radius 3 is 2.74 bits per heavy atom. The van der Waals surface area contributed by atoms with Crippen molar-refractivity contribution in [2.24, 2.45) is 0 Å². The first-order chi connectivity index (χ1) is 16.7. The van der Waals surface area contributed by atoms with Gasteiger partial charge < -0.3 is 15.4 Å². The lowest BCUT2D eigenvalue weighted by Crippen LogP contribution is -2.16. The highest BCUT2D eigenvalue weighted by Gasteiger charge is 2.07. The normalized spacial score (nSPS) is 11.1. The molecule has 6 nitrogen and oxygen atoms in total. The minimum absolute atomic E-state index is 0.379. The van der Waals surface area contributed by atoms with Gasteiger partial charge in [0.25, 0.3) is 0 Å². The fraction of sp³-hybridized carbons (Fsp3) is 0.296. The Hall–Kier alpha value is -3.24. The summed E-state index contributed by atoms with van der Waals surface area (Å²) in [5.41, 5.74) is 3.01. The van der Waals surface area contributed by atoms with Crippen molar-refractivity contribution in [2.75, 3.05) is 31.6 Å². The predicted octanol–water partition coefficient (Wildman–Crippen LogP) is 5.50. The zero-order valence-corrected chi connectivity index (χ0v) is 19.8. The molecule has 0 atom stereocenters. The molecule has 0 fully saturated rings. The molecule has 0 spiro atoms. The molecule has 2 heterocycles. The van der Waals surface area contributed by atoms with Crippen LogP contribution in [0.15, 0.2) is 60.9 Å². The van der Waals surface area contributed by atoms with E-state index in [1.54, 1.807) is 6.20 Å². The maximum absolute atomic E-state index is 8.86. The number of halogens is 1. The number of rotatable bonds is 12. The Bertz CT molecular complexity index is 1290. The van der Waals surface area contributed by atoms with E-state index in [1.807, 2.05) is 48.7 Å². The standard InChI is InChI=1S/C27H28ClN5O/c28-22-16-20(7-9-29)15-21(17-22)18-30-10-3-4-13-34-14-12-32-27-24-8-11-31-19-25(24)23-5-1-2-6-26(23)33-27/h1-2,5-6,8,11,15-17,19,30H,3-4,7,10,12-14,18H2,(H,32,33). The average molecular weight is 474 g/mol. The lowest BCUT2D eigenvalue weighted by molar-refractivity contribution is 0.140. The topological polar surface area (TPSA) is 82.9 Å². The van der Waals surface area contributed by atoms with Gasteiger partial charge in [0, 0.05) is 53.3 Å². The summed E-state index contributed by atoms with van der Waals surface area (Å²) in [6.45, 7) is 3.69. The van der Waals surface area contributed by atoms with Gasteiger partial charge in [-0.15, -0.1) is 0 Å². The van der Waals surface area contributed by atoms with Crippen LogP contribution in [0.4, 0.5) is 5.82 Å². The van der Waals surface area contributed by atoms with E-state index < -0.39 is 0 Å². The van der Waals surface area contributed by atoms with Gasteiger partial charge in [-0.2, -0.15) is 5.26 Å². The number of pyridine rings is 2. The van der Waals surface area contributed by atoms with Gasteiger partial charge in [0.1, 0.15) is 5.82 Å². The number of anilines is 1. The zero-order valence-electron chi connectivity index (χ0n) is 19.1. The van der Waals surface area contributed by atoms with Gasteiger partial charge in [0.15, 0.2) is 0 Å². The second-order valence-corrected chi connectivity index (χ2v) is 8.56. The number of para-hydroxylation sites is 1. The van der Waals surface area contributed by atoms with Crippen molar-refractivity contribution >= 4 is 39.1 Å². The predicted molar refractivity (Wildman–Crippen MR) is 138 cm³/mol. The van der Waals surface area contributed by atoms with Crippen LogP contribution in [0.25, 0.3) is 21.7 Å². The molecule has 4 rings (SSSR count). The molecular weight excluding hydrogens is 446 g/mol. The highest BCUT2D eigenvalue weighted by atomic mass is 35.5. The van der Waals surface area contributed by atoms with Crippen LogP contribution in [0.3, 0.4) is 0 Å². The van der Waals surface area contributed by atoms with Crippen LogP contribution in [0.2, 0.25) is 5.02 Å². The van der Waals surface area contributed by atoms with Gasteiger partial charge in [-0.25, -0.2) is 4.98 Å². The molecule has 0 radical (unpaired) electrons. The van der Waals surface area contributed by atoms with E-state index >= 15 is 0 Å². The summed E-state index contributed by atoms with van der Waals surface area (Å²) in [4.78, 5) is 9.08. The van der Waals surface area contributed by atoms with Crippen molar-refractivity contribution in [3.8, 4) is 6.07 Å². The number of fused-ring (bicyclic) bond motifs is 3. The van der Waals surface area contributed by atoms with Crippen LogP contribution in [-0.4, -0.2) is 36.3 Å². The molecule has 0 unspecified atom stereocenters. The molecule has 34 heavy (non-hydrogen) atoms. The molecule has 174 valence electrons. The summed E-state index contributed by atoms with van der Waals surface area (Å²) in [5, 5.41) is 19.7. The van der Waals surface area contributed by atoms with Gasteiger partial charge >= 0.3 is 0 Å². The zero-order chi connectivity index (χ0) is 23.6. The molecule has 0 amide bonds. The van der Waals surface area contributed by atoms with Crippen molar-refractivity contribution < 1.29 is 4.74 Å². The van der Waals surface area contributed by atoms with E-state index in [-0.39, 0.29) is 0 Å². The fourth-order valence-electron chi connectivity index (χ4n) is 3.97. The summed E-state index contributed by atoms with van der Waals surface area (Å²) >= 11 is 6.14. The van der Waals surface area contributed by atoms with Crippen molar-refractivity contribution in [3.05, 3.63) is 77.1 Å². The largest absolute Gasteiger partial charge is 0.380 e. The third-order valence-corrected chi connectivity index (χ3v) is 5.78. The Balaban J connectivity index is 1.14. The molecule has 0 aliphatic heterocycles. The summed E-state index contributed by atoms with van der Waals surface area (Å²) in [6, 6.07) is 18.1. The van der Waals surface area contributed by atoms with E-state index in [9.17, 15) is 0 Å². The van der Waals surface area contributed by atoms with E-state index in [0.29, 0.717) is 24.6 Å². The van der Waals surface area contributed by atoms with Crippen molar-refractivity contribution in [1.29, 1.82) is 5.26 Å². The molecule has 0 saturated carbocycles. The Morgan fingerprint density at radius 2 is 1.82 bits per heavy atom. The third-order valence-electron chi connectivity index (χ3n) is 5.56. The number of hydrogen-bond donors (Lipinski definition) is 2. The van der Waals surface area contributed by atoms with Crippen LogP contribution in [-0.2, 0) is 17.7 Å². The molecule has 2 N–H and O–H groups in total. The minimum Gasteiger partial charge on any atom is -0.380 e. The maximum Gasteiger partial charge on any atom is 0.134 e. The lowest BCUT2D eigenvalue weighted by Gasteiger charge is -2.11. The molecule has 0 saturated heterocycles. The highest BCUT2D eigenvalue weighted by molar-refractivity contribution is 6.30. The molecular formula is C27H28ClN5O. The van der Waals surface area contributed by atoms with Gasteiger partial charge in [-0.3, -0.25) is 4.98 Å². The molecule has 7 heteroatoms. The van der Waals surface area contributed by atoms with Gasteiger partial charge in [-0.1, -0.05) is 35.9 Å². The first kappa shape index (κ1) is 23.9. The number of nitrogens with one attached hydrogen (secondary N) is 2. The monoisotopic (exact) mass is 473 g/mol. The molecule has 2 aromatic heterocycles. The van der Waals surface area contributed by atoms with Gasteiger partial charge in [0.2, 0.25) is 0 Å². The summed E-state index contributed by atoms with van der Waals surface area (Å²) < 4.78 is 5.80. The number of nitrogens with zero attached hydrogens (tertiary/aromatic N) is 3. The van der Waals surface area contributed by atoms with Gasteiger partial charge in [-0.05, 0) is 54.8 Å². The van der Waals surface area contributed by atoms with Crippen molar-refractivity contribution in [1.82, 2.24) is 15.3 Å². The Morgan fingerprint density at radius 1 is 0.941 bits per heavy atom. The maximum atomic E-state index is 8.86. The number of aromatic nitrogens is 2.